The Labute approximate surface area is 164 Å². The molecule has 3 aromatic rings. The number of fused-ring (bicyclic) bond motifs is 1. The van der Waals surface area contributed by atoms with Gasteiger partial charge in [-0.25, -0.2) is 4.98 Å². The van der Waals surface area contributed by atoms with Crippen molar-refractivity contribution in [1.29, 1.82) is 0 Å². The molecule has 0 spiro atoms. The van der Waals surface area contributed by atoms with Crippen molar-refractivity contribution in [2.75, 3.05) is 23.3 Å². The van der Waals surface area contributed by atoms with Crippen LogP contribution in [0.2, 0.25) is 0 Å². The molecule has 0 atom stereocenters. The molecule has 2 heterocycles. The number of carbonyl (C=O) groups is 1. The summed E-state index contributed by atoms with van der Waals surface area (Å²) in [6.45, 7) is 10.3. The maximum Gasteiger partial charge on any atom is 0.248 e. The standard InChI is InChI=1S/C22H25N3OS/c1-5-25(6-2)21-13-16(4)18-14-17(7-8-19(18)24-21)23-22(26)10-9-20-15(3)11-12-27-20/h7-14H,5-6H2,1-4H3,(H,23,26). The minimum absolute atomic E-state index is 0.132. The molecule has 2 aromatic heterocycles. The van der Waals surface area contributed by atoms with Crippen LogP contribution in [0, 0.1) is 13.8 Å². The lowest BCUT2D eigenvalue weighted by molar-refractivity contribution is -0.111. The van der Waals surface area contributed by atoms with E-state index in [1.165, 1.54) is 5.56 Å². The fourth-order valence-corrected chi connectivity index (χ4v) is 3.87. The zero-order chi connectivity index (χ0) is 19.4. The molecule has 3 rings (SSSR count). The number of aryl methyl sites for hydroxylation is 2. The molecule has 5 heteroatoms. The van der Waals surface area contributed by atoms with Crippen molar-refractivity contribution in [2.24, 2.45) is 0 Å². The highest BCUT2D eigenvalue weighted by Crippen LogP contribution is 2.25. The number of pyridine rings is 1. The topological polar surface area (TPSA) is 45.2 Å². The van der Waals surface area contributed by atoms with E-state index in [2.05, 4.69) is 37.1 Å². The number of benzene rings is 1. The largest absolute Gasteiger partial charge is 0.357 e. The summed E-state index contributed by atoms with van der Waals surface area (Å²) in [4.78, 5) is 20.4. The van der Waals surface area contributed by atoms with Crippen molar-refractivity contribution >= 4 is 45.7 Å². The molecule has 0 saturated heterocycles. The third-order valence-corrected chi connectivity index (χ3v) is 5.63. The first-order valence-electron chi connectivity index (χ1n) is 9.21. The summed E-state index contributed by atoms with van der Waals surface area (Å²) in [5.74, 6) is 0.864. The Kier molecular flexibility index (Phi) is 5.91. The molecule has 0 radical (unpaired) electrons. The van der Waals surface area contributed by atoms with E-state index in [-0.39, 0.29) is 5.91 Å². The van der Waals surface area contributed by atoms with E-state index in [0.717, 1.165) is 45.9 Å². The second kappa shape index (κ2) is 8.35. The highest BCUT2D eigenvalue weighted by Gasteiger charge is 2.09. The molecule has 0 unspecified atom stereocenters. The van der Waals surface area contributed by atoms with Gasteiger partial charge in [0, 0.05) is 35.1 Å². The van der Waals surface area contributed by atoms with Gasteiger partial charge in [0.15, 0.2) is 0 Å². The van der Waals surface area contributed by atoms with Crippen LogP contribution in [0.15, 0.2) is 41.8 Å². The van der Waals surface area contributed by atoms with E-state index < -0.39 is 0 Å². The van der Waals surface area contributed by atoms with Crippen LogP contribution < -0.4 is 10.2 Å². The molecule has 0 bridgehead atoms. The summed E-state index contributed by atoms with van der Waals surface area (Å²) in [7, 11) is 0. The third-order valence-electron chi connectivity index (χ3n) is 4.64. The van der Waals surface area contributed by atoms with Gasteiger partial charge in [-0.3, -0.25) is 4.79 Å². The Hall–Kier alpha value is -2.66. The Morgan fingerprint density at radius 2 is 1.93 bits per heavy atom. The number of anilines is 2. The number of nitrogens with zero attached hydrogens (tertiary/aromatic N) is 2. The molecule has 0 fully saturated rings. The molecular weight excluding hydrogens is 354 g/mol. The summed E-state index contributed by atoms with van der Waals surface area (Å²) in [6.07, 6.45) is 3.44. The van der Waals surface area contributed by atoms with Crippen LogP contribution in [0.3, 0.4) is 0 Å². The van der Waals surface area contributed by atoms with E-state index in [0.29, 0.717) is 0 Å². The molecule has 1 aromatic carbocycles. The highest BCUT2D eigenvalue weighted by molar-refractivity contribution is 7.11. The molecule has 0 aliphatic carbocycles. The average Bonchev–Trinajstić information content (AvgIpc) is 3.06. The maximum atomic E-state index is 12.2. The van der Waals surface area contributed by atoms with E-state index in [1.54, 1.807) is 17.4 Å². The van der Waals surface area contributed by atoms with Crippen LogP contribution in [-0.4, -0.2) is 24.0 Å². The number of hydrogen-bond donors (Lipinski definition) is 1. The summed E-state index contributed by atoms with van der Waals surface area (Å²) in [6, 6.07) is 10.0. The molecule has 0 aliphatic rings. The molecule has 0 saturated carbocycles. The van der Waals surface area contributed by atoms with E-state index in [9.17, 15) is 4.79 Å². The third kappa shape index (κ3) is 4.37. The normalized spacial score (nSPS) is 11.3. The molecule has 140 valence electrons. The van der Waals surface area contributed by atoms with E-state index in [4.69, 9.17) is 4.98 Å². The number of carbonyl (C=O) groups excluding carboxylic acids is 1. The molecule has 1 amide bonds. The van der Waals surface area contributed by atoms with Gasteiger partial charge >= 0.3 is 0 Å². The van der Waals surface area contributed by atoms with Crippen molar-refractivity contribution in [3.63, 3.8) is 0 Å². The Morgan fingerprint density at radius 1 is 1.15 bits per heavy atom. The Morgan fingerprint density at radius 3 is 2.59 bits per heavy atom. The first-order valence-corrected chi connectivity index (χ1v) is 10.1. The minimum atomic E-state index is -0.132. The van der Waals surface area contributed by atoms with E-state index in [1.807, 2.05) is 42.6 Å². The minimum Gasteiger partial charge on any atom is -0.357 e. The quantitative estimate of drug-likeness (QED) is 0.582. The first-order chi connectivity index (χ1) is 13.0. The van der Waals surface area contributed by atoms with Gasteiger partial charge in [-0.15, -0.1) is 11.3 Å². The smallest absolute Gasteiger partial charge is 0.248 e. The predicted octanol–water partition coefficient (Wildman–Crippen LogP) is 5.41. The highest BCUT2D eigenvalue weighted by atomic mass is 32.1. The molecular formula is C22H25N3OS. The van der Waals surface area contributed by atoms with Gasteiger partial charge in [0.25, 0.3) is 0 Å². The lowest BCUT2D eigenvalue weighted by atomic mass is 10.1. The number of rotatable bonds is 6. The second-order valence-corrected chi connectivity index (χ2v) is 7.44. The van der Waals surface area contributed by atoms with Crippen LogP contribution in [0.4, 0.5) is 11.5 Å². The first kappa shape index (κ1) is 19.1. The number of thiophene rings is 1. The summed E-state index contributed by atoms with van der Waals surface area (Å²) < 4.78 is 0. The summed E-state index contributed by atoms with van der Waals surface area (Å²) in [5, 5.41) is 6.03. The SMILES string of the molecule is CCN(CC)c1cc(C)c2cc(NC(=O)C=Cc3sccc3C)ccc2n1. The van der Waals surface area contributed by atoms with Gasteiger partial charge in [-0.2, -0.15) is 0 Å². The van der Waals surface area contributed by atoms with Crippen LogP contribution >= 0.6 is 11.3 Å². The van der Waals surface area contributed by atoms with Crippen LogP contribution in [-0.2, 0) is 4.79 Å². The van der Waals surface area contributed by atoms with Crippen molar-refractivity contribution in [3.05, 3.63) is 57.8 Å². The van der Waals surface area contributed by atoms with Gasteiger partial charge in [0.2, 0.25) is 5.91 Å². The second-order valence-electron chi connectivity index (χ2n) is 6.49. The lowest BCUT2D eigenvalue weighted by Gasteiger charge is -2.21. The lowest BCUT2D eigenvalue weighted by Crippen LogP contribution is -2.23. The molecule has 1 N–H and O–H groups in total. The molecule has 4 nitrogen and oxygen atoms in total. The van der Waals surface area contributed by atoms with Crippen molar-refractivity contribution in [1.82, 2.24) is 4.98 Å². The predicted molar refractivity (Wildman–Crippen MR) is 117 cm³/mol. The summed E-state index contributed by atoms with van der Waals surface area (Å²) in [5.41, 5.74) is 4.06. The van der Waals surface area contributed by atoms with E-state index >= 15 is 0 Å². The van der Waals surface area contributed by atoms with Gasteiger partial charge in [0.05, 0.1) is 5.52 Å². The zero-order valence-electron chi connectivity index (χ0n) is 16.2. The van der Waals surface area contributed by atoms with Crippen LogP contribution in [0.5, 0.6) is 0 Å². The monoisotopic (exact) mass is 379 g/mol. The number of amides is 1. The summed E-state index contributed by atoms with van der Waals surface area (Å²) >= 11 is 1.63. The van der Waals surface area contributed by atoms with Crippen LogP contribution in [0.1, 0.15) is 29.9 Å². The number of hydrogen-bond acceptors (Lipinski definition) is 4. The van der Waals surface area contributed by atoms with Crippen molar-refractivity contribution in [3.8, 4) is 0 Å². The van der Waals surface area contributed by atoms with Crippen LogP contribution in [0.25, 0.3) is 17.0 Å². The van der Waals surface area contributed by atoms with Crippen molar-refractivity contribution in [2.45, 2.75) is 27.7 Å². The zero-order valence-corrected chi connectivity index (χ0v) is 17.1. The number of aromatic nitrogens is 1. The average molecular weight is 380 g/mol. The number of nitrogens with one attached hydrogen (secondary N) is 1. The fraction of sp³-hybridized carbons (Fsp3) is 0.273. The Balaban J connectivity index is 1.81. The van der Waals surface area contributed by atoms with Crippen molar-refractivity contribution < 1.29 is 4.79 Å². The fourth-order valence-electron chi connectivity index (χ4n) is 3.05. The van der Waals surface area contributed by atoms with Gasteiger partial charge in [-0.05, 0) is 80.6 Å². The van der Waals surface area contributed by atoms with Gasteiger partial charge < -0.3 is 10.2 Å². The Bertz CT molecular complexity index is 986. The maximum absolute atomic E-state index is 12.2. The molecule has 0 aliphatic heterocycles. The van der Waals surface area contributed by atoms with Gasteiger partial charge in [0.1, 0.15) is 5.82 Å². The molecule has 27 heavy (non-hydrogen) atoms. The van der Waals surface area contributed by atoms with Gasteiger partial charge in [-0.1, -0.05) is 0 Å².